The van der Waals surface area contributed by atoms with E-state index in [1.165, 1.54) is 6.07 Å². The van der Waals surface area contributed by atoms with Crippen LogP contribution < -0.4 is 4.90 Å². The molecule has 1 amide bonds. The molecule has 21 heavy (non-hydrogen) atoms. The molecule has 4 nitrogen and oxygen atoms in total. The number of carbonyl (C=O) groups excluding carboxylic acids is 1. The second kappa shape index (κ2) is 5.72. The predicted molar refractivity (Wildman–Crippen MR) is 79.4 cm³/mol. The topological polar surface area (TPSA) is 47.3 Å². The van der Waals surface area contributed by atoms with Gasteiger partial charge in [0.05, 0.1) is 5.69 Å². The fraction of sp³-hybridized carbons (Fsp3) is 0.500. The lowest BCUT2D eigenvalue weighted by atomic mass is 9.94. The zero-order chi connectivity index (χ0) is 15.6. The van der Waals surface area contributed by atoms with Crippen molar-refractivity contribution in [3.63, 3.8) is 0 Å². The number of hydrogen-bond donors (Lipinski definition) is 0. The summed E-state index contributed by atoms with van der Waals surface area (Å²) in [7, 11) is 0. The highest BCUT2D eigenvalue weighted by Gasteiger charge is 2.30. The van der Waals surface area contributed by atoms with Gasteiger partial charge in [-0.2, -0.15) is 5.26 Å². The van der Waals surface area contributed by atoms with Gasteiger partial charge in [0.1, 0.15) is 17.4 Å². The van der Waals surface area contributed by atoms with E-state index in [9.17, 15) is 9.18 Å². The smallest absolute Gasteiger partial charge is 0.228 e. The van der Waals surface area contributed by atoms with Gasteiger partial charge in [-0.05, 0) is 12.1 Å². The summed E-state index contributed by atoms with van der Waals surface area (Å²) in [5.74, 6) is -0.370. The van der Waals surface area contributed by atoms with Gasteiger partial charge in [-0.25, -0.2) is 4.39 Å². The molecule has 1 aliphatic heterocycles. The zero-order valence-corrected chi connectivity index (χ0v) is 12.7. The van der Waals surface area contributed by atoms with Crippen LogP contribution >= 0.6 is 0 Å². The SMILES string of the molecule is CC(C)(C)C(=O)N1CCN(c2cccc(F)c2C#N)CC1. The van der Waals surface area contributed by atoms with Crippen molar-refractivity contribution >= 4 is 11.6 Å². The number of piperazine rings is 1. The standard InChI is InChI=1S/C16H20FN3O/c1-16(2,3)15(21)20-9-7-19(8-10-20)14-6-4-5-13(17)12(14)11-18/h4-6H,7-10H2,1-3H3. The number of rotatable bonds is 1. The van der Waals surface area contributed by atoms with Gasteiger partial charge >= 0.3 is 0 Å². The Morgan fingerprint density at radius 2 is 1.86 bits per heavy atom. The highest BCUT2D eigenvalue weighted by molar-refractivity contribution is 5.81. The third kappa shape index (κ3) is 3.15. The molecule has 1 saturated heterocycles. The van der Waals surface area contributed by atoms with Crippen molar-refractivity contribution in [3.05, 3.63) is 29.6 Å². The normalized spacial score (nSPS) is 15.8. The van der Waals surface area contributed by atoms with Crippen molar-refractivity contribution in [1.29, 1.82) is 5.26 Å². The first kappa shape index (κ1) is 15.3. The van der Waals surface area contributed by atoms with E-state index < -0.39 is 11.2 Å². The lowest BCUT2D eigenvalue weighted by Crippen LogP contribution is -2.51. The van der Waals surface area contributed by atoms with Gasteiger partial charge in [-0.15, -0.1) is 0 Å². The summed E-state index contributed by atoms with van der Waals surface area (Å²) in [6.45, 7) is 8.13. The highest BCUT2D eigenvalue weighted by atomic mass is 19.1. The van der Waals surface area contributed by atoms with Gasteiger partial charge < -0.3 is 9.80 Å². The van der Waals surface area contributed by atoms with Crippen molar-refractivity contribution in [2.45, 2.75) is 20.8 Å². The maximum absolute atomic E-state index is 13.7. The minimum Gasteiger partial charge on any atom is -0.367 e. The van der Waals surface area contributed by atoms with Gasteiger partial charge in [0, 0.05) is 31.6 Å². The van der Waals surface area contributed by atoms with E-state index in [4.69, 9.17) is 5.26 Å². The number of carbonyl (C=O) groups is 1. The molecule has 2 rings (SSSR count). The van der Waals surface area contributed by atoms with Gasteiger partial charge in [-0.1, -0.05) is 26.8 Å². The Labute approximate surface area is 124 Å². The molecule has 1 aromatic rings. The molecule has 0 N–H and O–H groups in total. The summed E-state index contributed by atoms with van der Waals surface area (Å²) in [6, 6.07) is 6.58. The number of halogens is 1. The lowest BCUT2D eigenvalue weighted by molar-refractivity contribution is -0.139. The number of anilines is 1. The van der Waals surface area contributed by atoms with Crippen LogP contribution in [0.15, 0.2) is 18.2 Å². The monoisotopic (exact) mass is 289 g/mol. The molecule has 1 heterocycles. The Kier molecular flexibility index (Phi) is 4.17. The van der Waals surface area contributed by atoms with E-state index in [0.717, 1.165) is 0 Å². The maximum Gasteiger partial charge on any atom is 0.228 e. The van der Waals surface area contributed by atoms with Crippen LogP contribution in [0.5, 0.6) is 0 Å². The molecule has 1 aromatic carbocycles. The average molecular weight is 289 g/mol. The minimum absolute atomic E-state index is 0.0769. The second-order valence-electron chi connectivity index (χ2n) is 6.28. The van der Waals surface area contributed by atoms with Gasteiger partial charge in [-0.3, -0.25) is 4.79 Å². The van der Waals surface area contributed by atoms with Crippen molar-refractivity contribution in [2.75, 3.05) is 31.1 Å². The molecule has 5 heteroatoms. The molecule has 0 atom stereocenters. The summed E-state index contributed by atoms with van der Waals surface area (Å²) in [5, 5.41) is 9.10. The van der Waals surface area contributed by atoms with Crippen molar-refractivity contribution in [2.24, 2.45) is 5.41 Å². The van der Waals surface area contributed by atoms with Crippen LogP contribution in [0.4, 0.5) is 10.1 Å². The van der Waals surface area contributed by atoms with Crippen LogP contribution in [0.2, 0.25) is 0 Å². The lowest BCUT2D eigenvalue weighted by Gasteiger charge is -2.38. The maximum atomic E-state index is 13.7. The minimum atomic E-state index is -0.497. The summed E-state index contributed by atoms with van der Waals surface area (Å²) in [6.07, 6.45) is 0. The van der Waals surface area contributed by atoms with Crippen LogP contribution in [0.25, 0.3) is 0 Å². The Balaban J connectivity index is 2.11. The molecule has 1 fully saturated rings. The van der Waals surface area contributed by atoms with E-state index in [-0.39, 0.29) is 11.5 Å². The molecule has 112 valence electrons. The first-order valence-electron chi connectivity index (χ1n) is 7.07. The molecular formula is C16H20FN3O. The van der Waals surface area contributed by atoms with Crippen LogP contribution in [-0.4, -0.2) is 37.0 Å². The highest BCUT2D eigenvalue weighted by Crippen LogP contribution is 2.25. The fourth-order valence-corrected chi connectivity index (χ4v) is 2.51. The second-order valence-corrected chi connectivity index (χ2v) is 6.28. The van der Waals surface area contributed by atoms with Gasteiger partial charge in [0.15, 0.2) is 0 Å². The van der Waals surface area contributed by atoms with Crippen LogP contribution in [-0.2, 0) is 4.79 Å². The molecule has 0 bridgehead atoms. The van der Waals surface area contributed by atoms with Crippen LogP contribution in [0, 0.1) is 22.6 Å². The van der Waals surface area contributed by atoms with Crippen LogP contribution in [0.3, 0.4) is 0 Å². The number of nitriles is 1. The van der Waals surface area contributed by atoms with E-state index >= 15 is 0 Å². The first-order chi connectivity index (χ1) is 9.84. The fourth-order valence-electron chi connectivity index (χ4n) is 2.51. The molecule has 0 spiro atoms. The van der Waals surface area contributed by atoms with E-state index in [1.54, 1.807) is 12.1 Å². The van der Waals surface area contributed by atoms with E-state index in [2.05, 4.69) is 0 Å². The molecule has 0 aliphatic carbocycles. The zero-order valence-electron chi connectivity index (χ0n) is 12.7. The Hall–Kier alpha value is -2.09. The molecule has 0 aromatic heterocycles. The Morgan fingerprint density at radius 1 is 1.24 bits per heavy atom. The van der Waals surface area contributed by atoms with Crippen molar-refractivity contribution in [3.8, 4) is 6.07 Å². The predicted octanol–water partition coefficient (Wildman–Crippen LogP) is 2.39. The van der Waals surface area contributed by atoms with Gasteiger partial charge in [0.25, 0.3) is 0 Å². The van der Waals surface area contributed by atoms with E-state index in [0.29, 0.717) is 31.9 Å². The molecule has 0 saturated carbocycles. The summed E-state index contributed by atoms with van der Waals surface area (Å²) in [5.41, 5.74) is 0.298. The number of hydrogen-bond acceptors (Lipinski definition) is 3. The first-order valence-corrected chi connectivity index (χ1v) is 7.07. The van der Waals surface area contributed by atoms with E-state index in [1.807, 2.05) is 36.6 Å². The molecule has 0 radical (unpaired) electrons. The third-order valence-corrected chi connectivity index (χ3v) is 3.65. The quantitative estimate of drug-likeness (QED) is 0.797. The van der Waals surface area contributed by atoms with Crippen LogP contribution in [0.1, 0.15) is 26.3 Å². The van der Waals surface area contributed by atoms with Crippen molar-refractivity contribution < 1.29 is 9.18 Å². The molecular weight excluding hydrogens is 269 g/mol. The third-order valence-electron chi connectivity index (χ3n) is 3.65. The molecule has 0 unspecified atom stereocenters. The summed E-state index contributed by atoms with van der Waals surface area (Å²) in [4.78, 5) is 16.0. The number of benzene rings is 1. The summed E-state index contributed by atoms with van der Waals surface area (Å²) < 4.78 is 13.7. The Bertz CT molecular complexity index is 578. The Morgan fingerprint density at radius 3 is 2.38 bits per heavy atom. The summed E-state index contributed by atoms with van der Waals surface area (Å²) >= 11 is 0. The van der Waals surface area contributed by atoms with Crippen molar-refractivity contribution in [1.82, 2.24) is 4.90 Å². The number of nitrogens with zero attached hydrogens (tertiary/aromatic N) is 3. The van der Waals surface area contributed by atoms with Gasteiger partial charge in [0.2, 0.25) is 5.91 Å². The molecule has 1 aliphatic rings. The number of amides is 1. The average Bonchev–Trinajstić information content (AvgIpc) is 2.45. The largest absolute Gasteiger partial charge is 0.367 e.